The molecule has 1 heterocycles. The first-order valence-corrected chi connectivity index (χ1v) is 8.35. The van der Waals surface area contributed by atoms with Gasteiger partial charge in [-0.1, -0.05) is 0 Å². The molecule has 0 amide bonds. The fourth-order valence-corrected chi connectivity index (χ4v) is 3.91. The molecule has 0 radical (unpaired) electrons. The van der Waals surface area contributed by atoms with Crippen LogP contribution in [-0.2, 0) is 24.3 Å². The van der Waals surface area contributed by atoms with Crippen LogP contribution in [0.2, 0.25) is 0 Å². The minimum Gasteiger partial charge on any atom is -0.468 e. The van der Waals surface area contributed by atoms with Gasteiger partial charge in [0.2, 0.25) is 10.0 Å². The molecule has 0 bridgehead atoms. The van der Waals surface area contributed by atoms with Gasteiger partial charge in [0.1, 0.15) is 5.54 Å². The molecule has 2 unspecified atom stereocenters. The molecule has 22 heavy (non-hydrogen) atoms. The van der Waals surface area contributed by atoms with Crippen LogP contribution in [0.4, 0.5) is 13.2 Å². The third kappa shape index (κ3) is 5.40. The van der Waals surface area contributed by atoms with E-state index in [1.807, 2.05) is 0 Å². The average molecular weight is 347 g/mol. The van der Waals surface area contributed by atoms with E-state index in [1.165, 1.54) is 13.8 Å². The summed E-state index contributed by atoms with van der Waals surface area (Å²) in [6.07, 6.45) is -7.26. The SMILES string of the molecule is COC(=O)C(C)(C)NS(=O)(=O)CC1CCCC(C(F)(F)F)O1. The van der Waals surface area contributed by atoms with Crippen LogP contribution in [0.15, 0.2) is 0 Å². The van der Waals surface area contributed by atoms with Gasteiger partial charge < -0.3 is 9.47 Å². The van der Waals surface area contributed by atoms with Crippen molar-refractivity contribution >= 4 is 16.0 Å². The van der Waals surface area contributed by atoms with Gasteiger partial charge in [0.25, 0.3) is 0 Å². The Morgan fingerprint density at radius 1 is 1.32 bits per heavy atom. The second-order valence-electron chi connectivity index (χ2n) is 5.72. The molecule has 0 aromatic rings. The Morgan fingerprint density at radius 3 is 2.41 bits per heavy atom. The molecule has 0 aromatic carbocycles. The van der Waals surface area contributed by atoms with Crippen LogP contribution in [-0.4, -0.2) is 51.2 Å². The lowest BCUT2D eigenvalue weighted by Crippen LogP contribution is -2.52. The number of methoxy groups -OCH3 is 1. The van der Waals surface area contributed by atoms with Crippen molar-refractivity contribution in [2.75, 3.05) is 12.9 Å². The molecule has 0 saturated carbocycles. The molecule has 1 aliphatic rings. The lowest BCUT2D eigenvalue weighted by atomic mass is 10.0. The molecular weight excluding hydrogens is 327 g/mol. The average Bonchev–Trinajstić information content (AvgIpc) is 2.35. The highest BCUT2D eigenvalue weighted by molar-refractivity contribution is 7.89. The molecule has 6 nitrogen and oxygen atoms in total. The molecule has 10 heteroatoms. The highest BCUT2D eigenvalue weighted by Gasteiger charge is 2.44. The van der Waals surface area contributed by atoms with Gasteiger partial charge in [-0.25, -0.2) is 8.42 Å². The van der Waals surface area contributed by atoms with Crippen molar-refractivity contribution in [3.8, 4) is 0 Å². The van der Waals surface area contributed by atoms with E-state index in [9.17, 15) is 26.4 Å². The number of halogens is 3. The predicted octanol–water partition coefficient (Wildman–Crippen LogP) is 1.36. The van der Waals surface area contributed by atoms with Crippen molar-refractivity contribution in [3.05, 3.63) is 0 Å². The maximum Gasteiger partial charge on any atom is 0.414 e. The van der Waals surface area contributed by atoms with Gasteiger partial charge in [0.15, 0.2) is 6.10 Å². The monoisotopic (exact) mass is 347 g/mol. The van der Waals surface area contributed by atoms with Gasteiger partial charge in [0.05, 0.1) is 19.0 Å². The molecule has 1 rings (SSSR count). The summed E-state index contributed by atoms with van der Waals surface area (Å²) >= 11 is 0. The molecule has 1 fully saturated rings. The van der Waals surface area contributed by atoms with Crippen LogP contribution in [0.5, 0.6) is 0 Å². The Hall–Kier alpha value is -0.870. The largest absolute Gasteiger partial charge is 0.468 e. The van der Waals surface area contributed by atoms with E-state index in [1.54, 1.807) is 0 Å². The molecule has 0 aromatic heterocycles. The summed E-state index contributed by atoms with van der Waals surface area (Å²) in [7, 11) is -2.90. The normalized spacial score (nSPS) is 24.1. The van der Waals surface area contributed by atoms with E-state index >= 15 is 0 Å². The van der Waals surface area contributed by atoms with E-state index in [0.29, 0.717) is 0 Å². The lowest BCUT2D eigenvalue weighted by molar-refractivity contribution is -0.242. The third-order valence-electron chi connectivity index (χ3n) is 3.23. The summed E-state index contributed by atoms with van der Waals surface area (Å²) < 4.78 is 73.3. The van der Waals surface area contributed by atoms with Gasteiger partial charge in [-0.3, -0.25) is 4.79 Å². The molecule has 1 aliphatic heterocycles. The summed E-state index contributed by atoms with van der Waals surface area (Å²) in [6.45, 7) is 2.60. The maximum absolute atomic E-state index is 12.6. The van der Waals surface area contributed by atoms with Crippen molar-refractivity contribution in [1.29, 1.82) is 0 Å². The van der Waals surface area contributed by atoms with Gasteiger partial charge in [-0.15, -0.1) is 0 Å². The summed E-state index contributed by atoms with van der Waals surface area (Å²) in [5.41, 5.74) is -1.51. The fraction of sp³-hybridized carbons (Fsp3) is 0.917. The second-order valence-corrected chi connectivity index (χ2v) is 7.49. The highest BCUT2D eigenvalue weighted by Crippen LogP contribution is 2.32. The molecule has 0 aliphatic carbocycles. The van der Waals surface area contributed by atoms with E-state index in [2.05, 4.69) is 9.46 Å². The van der Waals surface area contributed by atoms with Gasteiger partial charge in [-0.05, 0) is 33.1 Å². The van der Waals surface area contributed by atoms with E-state index < -0.39 is 45.7 Å². The standard InChI is InChI=1S/C12H20F3NO5S/c1-11(2,10(17)20-3)16-22(18,19)7-8-5-4-6-9(21-8)12(13,14)15/h8-9,16H,4-7H2,1-3H3. The Labute approximate surface area is 127 Å². The molecule has 1 N–H and O–H groups in total. The van der Waals surface area contributed by atoms with Crippen LogP contribution in [0.1, 0.15) is 33.1 Å². The van der Waals surface area contributed by atoms with E-state index in [-0.39, 0.29) is 19.3 Å². The minimum absolute atomic E-state index is 0.179. The number of rotatable bonds is 5. The predicted molar refractivity (Wildman–Crippen MR) is 71.6 cm³/mol. The molecule has 130 valence electrons. The summed E-state index contributed by atoms with van der Waals surface area (Å²) in [5, 5.41) is 0. The van der Waals surface area contributed by atoms with Gasteiger partial charge in [-0.2, -0.15) is 17.9 Å². The van der Waals surface area contributed by atoms with Crippen LogP contribution in [0, 0.1) is 0 Å². The zero-order valence-corrected chi connectivity index (χ0v) is 13.4. The number of nitrogens with one attached hydrogen (secondary N) is 1. The van der Waals surface area contributed by atoms with Crippen LogP contribution >= 0.6 is 0 Å². The minimum atomic E-state index is -4.51. The number of carbonyl (C=O) groups is 1. The summed E-state index contributed by atoms with van der Waals surface area (Å²) in [6, 6.07) is 0. The summed E-state index contributed by atoms with van der Waals surface area (Å²) in [4.78, 5) is 11.5. The van der Waals surface area contributed by atoms with Crippen molar-refractivity contribution in [1.82, 2.24) is 4.72 Å². The Kier molecular flexibility index (Phi) is 5.85. The zero-order chi connectivity index (χ0) is 17.2. The highest BCUT2D eigenvalue weighted by atomic mass is 32.2. The first-order chi connectivity index (χ1) is 9.87. The smallest absolute Gasteiger partial charge is 0.414 e. The topological polar surface area (TPSA) is 81.7 Å². The molecule has 0 spiro atoms. The first kappa shape index (κ1) is 19.2. The van der Waals surface area contributed by atoms with Crippen LogP contribution in [0.25, 0.3) is 0 Å². The Bertz CT molecular complexity index is 503. The molecular formula is C12H20F3NO5S. The Morgan fingerprint density at radius 2 is 1.91 bits per heavy atom. The van der Waals surface area contributed by atoms with E-state index in [4.69, 9.17) is 4.74 Å². The quantitative estimate of drug-likeness (QED) is 0.760. The number of esters is 1. The number of hydrogen-bond donors (Lipinski definition) is 1. The molecule has 2 atom stereocenters. The number of hydrogen-bond acceptors (Lipinski definition) is 5. The van der Waals surface area contributed by atoms with Crippen molar-refractivity contribution < 1.29 is 35.9 Å². The van der Waals surface area contributed by atoms with E-state index in [0.717, 1.165) is 7.11 Å². The number of ether oxygens (including phenoxy) is 2. The number of sulfonamides is 1. The van der Waals surface area contributed by atoms with Crippen molar-refractivity contribution in [2.45, 2.75) is 57.0 Å². The fourth-order valence-electron chi connectivity index (χ4n) is 2.23. The molecule has 1 saturated heterocycles. The van der Waals surface area contributed by atoms with Crippen LogP contribution in [0.3, 0.4) is 0 Å². The van der Waals surface area contributed by atoms with Crippen molar-refractivity contribution in [3.63, 3.8) is 0 Å². The number of alkyl halides is 3. The number of carbonyl (C=O) groups excluding carboxylic acids is 1. The second kappa shape index (κ2) is 6.71. The van der Waals surface area contributed by atoms with Gasteiger partial charge in [0, 0.05) is 0 Å². The summed E-state index contributed by atoms with van der Waals surface area (Å²) in [5.74, 6) is -1.44. The Balaban J connectivity index is 2.70. The zero-order valence-electron chi connectivity index (χ0n) is 12.6. The first-order valence-electron chi connectivity index (χ1n) is 6.69. The lowest BCUT2D eigenvalue weighted by Gasteiger charge is -2.32. The third-order valence-corrected chi connectivity index (χ3v) is 4.86. The van der Waals surface area contributed by atoms with Crippen molar-refractivity contribution in [2.24, 2.45) is 0 Å². The van der Waals surface area contributed by atoms with Crippen LogP contribution < -0.4 is 4.72 Å². The maximum atomic E-state index is 12.6. The van der Waals surface area contributed by atoms with Gasteiger partial charge >= 0.3 is 12.1 Å².